The first-order chi connectivity index (χ1) is 17.2. The average molecular weight is 487 g/mol. The third-order valence-corrected chi connectivity index (χ3v) is 9.21. The van der Waals surface area contributed by atoms with Crippen molar-refractivity contribution in [2.45, 2.75) is 57.5 Å². The van der Waals surface area contributed by atoms with Gasteiger partial charge in [0.15, 0.2) is 0 Å². The molecule has 0 radical (unpaired) electrons. The monoisotopic (exact) mass is 486 g/mol. The van der Waals surface area contributed by atoms with Crippen molar-refractivity contribution in [3.8, 4) is 11.3 Å². The van der Waals surface area contributed by atoms with E-state index >= 15 is 0 Å². The van der Waals surface area contributed by atoms with Gasteiger partial charge in [0.25, 0.3) is 0 Å². The third kappa shape index (κ3) is 3.73. The SMILES string of the molecule is CC(C)c1ccc([C@](O)(c2cncc(-c3cc([C@@H]4CC45CCOCC5)[nH]n3)c2)C2(C)CN(C)C2)cc1. The molecule has 2 aromatic heterocycles. The maximum absolute atomic E-state index is 12.5. The number of H-pyrrole nitrogens is 1. The number of benzene rings is 1. The van der Waals surface area contributed by atoms with Gasteiger partial charge in [-0.15, -0.1) is 0 Å². The lowest BCUT2D eigenvalue weighted by Crippen LogP contribution is -2.63. The summed E-state index contributed by atoms with van der Waals surface area (Å²) in [6.45, 7) is 9.95. The second-order valence-corrected chi connectivity index (χ2v) is 12.1. The van der Waals surface area contributed by atoms with Gasteiger partial charge in [-0.1, -0.05) is 45.0 Å². The van der Waals surface area contributed by atoms with Crippen LogP contribution < -0.4 is 0 Å². The van der Waals surface area contributed by atoms with E-state index in [2.05, 4.69) is 84.3 Å². The van der Waals surface area contributed by atoms with E-state index < -0.39 is 5.60 Å². The minimum absolute atomic E-state index is 0.318. The molecule has 6 heteroatoms. The van der Waals surface area contributed by atoms with E-state index in [0.29, 0.717) is 17.3 Å². The molecular formula is C30H38N4O2. The van der Waals surface area contributed by atoms with Crippen LogP contribution in [0.5, 0.6) is 0 Å². The van der Waals surface area contributed by atoms with Crippen molar-refractivity contribution in [2.75, 3.05) is 33.4 Å². The van der Waals surface area contributed by atoms with Crippen LogP contribution in [0.1, 0.15) is 74.3 Å². The minimum atomic E-state index is -1.15. The molecule has 2 atom stereocenters. The smallest absolute Gasteiger partial charge is 0.124 e. The van der Waals surface area contributed by atoms with Gasteiger partial charge in [-0.25, -0.2) is 0 Å². The highest BCUT2D eigenvalue weighted by Gasteiger charge is 2.56. The predicted octanol–water partition coefficient (Wildman–Crippen LogP) is 5.07. The van der Waals surface area contributed by atoms with Crippen LogP contribution in [0.2, 0.25) is 0 Å². The Bertz CT molecular complexity index is 1240. The Hall–Kier alpha value is -2.54. The molecule has 0 amide bonds. The fourth-order valence-electron chi connectivity index (χ4n) is 6.91. The summed E-state index contributed by atoms with van der Waals surface area (Å²) < 4.78 is 5.59. The normalized spacial score (nSPS) is 24.4. The number of pyridine rings is 1. The van der Waals surface area contributed by atoms with E-state index in [4.69, 9.17) is 4.74 Å². The molecule has 6 nitrogen and oxygen atoms in total. The molecule has 4 heterocycles. The molecule has 1 aromatic carbocycles. The van der Waals surface area contributed by atoms with E-state index in [1.807, 2.05) is 12.4 Å². The van der Waals surface area contributed by atoms with Gasteiger partial charge in [0.2, 0.25) is 0 Å². The number of aromatic nitrogens is 3. The maximum Gasteiger partial charge on any atom is 0.124 e. The van der Waals surface area contributed by atoms with Crippen LogP contribution in [0.15, 0.2) is 48.8 Å². The highest BCUT2D eigenvalue weighted by atomic mass is 16.5. The molecule has 1 saturated carbocycles. The van der Waals surface area contributed by atoms with Gasteiger partial charge in [-0.2, -0.15) is 5.10 Å². The minimum Gasteiger partial charge on any atom is -0.381 e. The summed E-state index contributed by atoms with van der Waals surface area (Å²) in [6.07, 6.45) is 7.18. The first kappa shape index (κ1) is 23.8. The van der Waals surface area contributed by atoms with Gasteiger partial charge < -0.3 is 14.7 Å². The first-order valence-electron chi connectivity index (χ1n) is 13.3. The van der Waals surface area contributed by atoms with Crippen LogP contribution in [0.4, 0.5) is 0 Å². The van der Waals surface area contributed by atoms with Crippen molar-refractivity contribution < 1.29 is 9.84 Å². The Morgan fingerprint density at radius 3 is 2.47 bits per heavy atom. The number of likely N-dealkylation sites (tertiary alicyclic amines) is 1. The summed E-state index contributed by atoms with van der Waals surface area (Å²) in [4.78, 5) is 6.85. The zero-order valence-electron chi connectivity index (χ0n) is 21.9. The highest BCUT2D eigenvalue weighted by Crippen LogP contribution is 2.64. The molecule has 36 heavy (non-hydrogen) atoms. The van der Waals surface area contributed by atoms with Crippen molar-refractivity contribution in [1.29, 1.82) is 0 Å². The summed E-state index contributed by atoms with van der Waals surface area (Å²) in [6, 6.07) is 12.8. The predicted molar refractivity (Wildman–Crippen MR) is 141 cm³/mol. The quantitative estimate of drug-likeness (QED) is 0.509. The van der Waals surface area contributed by atoms with Gasteiger partial charge in [0.1, 0.15) is 5.60 Å². The van der Waals surface area contributed by atoms with Crippen molar-refractivity contribution in [2.24, 2.45) is 10.8 Å². The van der Waals surface area contributed by atoms with E-state index in [-0.39, 0.29) is 5.41 Å². The standard InChI is InChI=1S/C30H38N4O2/c1-20(2)21-5-7-23(8-6-21)30(35,28(3)18-34(4)19-28)24-13-22(16-31-17-24)26-14-27(33-32-26)25-15-29(25)9-11-36-12-10-29/h5-8,13-14,16-17,20,25,35H,9-12,15,18-19H2,1-4H3,(H,32,33)/t25-,30-/m0/s1. The molecule has 2 N–H and O–H groups in total. The Kier molecular flexibility index (Phi) is 5.63. The molecule has 3 fully saturated rings. The molecule has 1 spiro atoms. The zero-order chi connectivity index (χ0) is 25.1. The summed E-state index contributed by atoms with van der Waals surface area (Å²) in [7, 11) is 2.10. The van der Waals surface area contributed by atoms with Gasteiger partial charge in [0, 0.05) is 66.9 Å². The molecular weight excluding hydrogens is 448 g/mol. The molecule has 0 bridgehead atoms. The van der Waals surface area contributed by atoms with Crippen LogP contribution in [0.3, 0.4) is 0 Å². The maximum atomic E-state index is 12.5. The second kappa shape index (κ2) is 8.51. The van der Waals surface area contributed by atoms with Crippen LogP contribution in [-0.4, -0.2) is 58.5 Å². The largest absolute Gasteiger partial charge is 0.381 e. The summed E-state index contributed by atoms with van der Waals surface area (Å²) in [5, 5.41) is 20.5. The van der Waals surface area contributed by atoms with Crippen LogP contribution >= 0.6 is 0 Å². The van der Waals surface area contributed by atoms with Crippen LogP contribution in [0.25, 0.3) is 11.3 Å². The van der Waals surface area contributed by atoms with E-state index in [1.165, 1.54) is 17.7 Å². The number of nitrogens with one attached hydrogen (secondary N) is 1. The average Bonchev–Trinajstić information content (AvgIpc) is 3.32. The molecule has 2 saturated heterocycles. The summed E-state index contributed by atoms with van der Waals surface area (Å²) >= 11 is 0. The lowest BCUT2D eigenvalue weighted by molar-refractivity contribution is -0.127. The number of nitrogens with zero attached hydrogens (tertiary/aromatic N) is 3. The van der Waals surface area contributed by atoms with Gasteiger partial charge >= 0.3 is 0 Å². The molecule has 0 unspecified atom stereocenters. The van der Waals surface area contributed by atoms with Crippen LogP contribution in [-0.2, 0) is 10.3 Å². The van der Waals surface area contributed by atoms with Gasteiger partial charge in [0.05, 0.1) is 5.69 Å². The fraction of sp³-hybridized carbons (Fsp3) is 0.533. The van der Waals surface area contributed by atoms with Gasteiger partial charge in [-0.3, -0.25) is 10.1 Å². The lowest BCUT2D eigenvalue weighted by Gasteiger charge is -2.55. The molecule has 190 valence electrons. The van der Waals surface area contributed by atoms with Crippen molar-refractivity contribution in [3.63, 3.8) is 0 Å². The number of ether oxygens (including phenoxy) is 1. The van der Waals surface area contributed by atoms with E-state index in [0.717, 1.165) is 61.5 Å². The first-order valence-corrected chi connectivity index (χ1v) is 13.3. The van der Waals surface area contributed by atoms with Gasteiger partial charge in [-0.05, 0) is 60.9 Å². The highest BCUT2D eigenvalue weighted by molar-refractivity contribution is 5.61. The third-order valence-electron chi connectivity index (χ3n) is 9.21. The van der Waals surface area contributed by atoms with Crippen molar-refractivity contribution >= 4 is 0 Å². The van der Waals surface area contributed by atoms with Crippen LogP contribution in [0, 0.1) is 10.8 Å². The number of aromatic amines is 1. The Labute approximate surface area is 214 Å². The number of hydrogen-bond donors (Lipinski definition) is 2. The summed E-state index contributed by atoms with van der Waals surface area (Å²) in [5.74, 6) is 0.989. The lowest BCUT2D eigenvalue weighted by atomic mass is 9.62. The Morgan fingerprint density at radius 2 is 1.81 bits per heavy atom. The topological polar surface area (TPSA) is 74.3 Å². The zero-order valence-corrected chi connectivity index (χ0v) is 21.9. The van der Waals surface area contributed by atoms with E-state index in [1.54, 1.807) is 0 Å². The van der Waals surface area contributed by atoms with Crippen molar-refractivity contribution in [3.05, 3.63) is 71.2 Å². The molecule has 1 aliphatic carbocycles. The number of aliphatic hydroxyl groups is 1. The molecule has 3 aliphatic rings. The summed E-state index contributed by atoms with van der Waals surface area (Å²) in [5.41, 5.74) is 4.98. The Balaban J connectivity index is 1.34. The molecule has 6 rings (SSSR count). The number of hydrogen-bond acceptors (Lipinski definition) is 5. The van der Waals surface area contributed by atoms with Crippen molar-refractivity contribution in [1.82, 2.24) is 20.1 Å². The number of rotatable bonds is 6. The molecule has 3 aromatic rings. The Morgan fingerprint density at radius 1 is 1.08 bits per heavy atom. The fourth-order valence-corrected chi connectivity index (χ4v) is 6.91. The van der Waals surface area contributed by atoms with E-state index in [9.17, 15) is 5.11 Å². The molecule has 2 aliphatic heterocycles. The second-order valence-electron chi connectivity index (χ2n) is 12.1.